The largest absolute Gasteiger partial charge is 0.461 e. The molecular weight excluding hydrogens is 492 g/mol. The van der Waals surface area contributed by atoms with Gasteiger partial charge in [-0.25, -0.2) is 4.79 Å². The molecule has 5 aliphatic rings. The molecular formula is C36H54N2O2. The molecule has 1 N–H and O–H groups in total. The summed E-state index contributed by atoms with van der Waals surface area (Å²) >= 11 is 0. The van der Waals surface area contributed by atoms with Gasteiger partial charge in [-0.15, -0.1) is 0 Å². The van der Waals surface area contributed by atoms with E-state index in [0.29, 0.717) is 40.8 Å². The number of rotatable bonds is 3. The van der Waals surface area contributed by atoms with E-state index in [1.54, 1.807) is 18.0 Å². The third-order valence-electron chi connectivity index (χ3n) is 14.2. The molecule has 1 aromatic rings. The number of carbonyl (C=O) groups is 1. The van der Waals surface area contributed by atoms with Crippen LogP contribution in [0, 0.1) is 51.2 Å². The lowest BCUT2D eigenvalue weighted by Gasteiger charge is -2.70. The van der Waals surface area contributed by atoms with Crippen molar-refractivity contribution in [3.63, 3.8) is 0 Å². The normalized spacial score (nSPS) is 46.0. The van der Waals surface area contributed by atoms with Gasteiger partial charge in [0.2, 0.25) is 0 Å². The van der Waals surface area contributed by atoms with Gasteiger partial charge in [0, 0.05) is 23.3 Å². The molecule has 4 fully saturated rings. The van der Waals surface area contributed by atoms with Crippen LogP contribution in [0.4, 0.5) is 0 Å². The molecule has 4 aliphatic carbocycles. The molecule has 2 heterocycles. The molecule has 9 atom stereocenters. The summed E-state index contributed by atoms with van der Waals surface area (Å²) in [5.41, 5.74) is 3.43. The molecule has 1 saturated heterocycles. The Balaban J connectivity index is 1.36. The van der Waals surface area contributed by atoms with E-state index in [9.17, 15) is 4.79 Å². The highest BCUT2D eigenvalue weighted by atomic mass is 16.5. The first-order valence-corrected chi connectivity index (χ1v) is 16.4. The van der Waals surface area contributed by atoms with Crippen LogP contribution in [0.3, 0.4) is 0 Å². The minimum Gasteiger partial charge on any atom is -0.461 e. The van der Waals surface area contributed by atoms with Gasteiger partial charge in [-0.3, -0.25) is 4.98 Å². The average molecular weight is 547 g/mol. The van der Waals surface area contributed by atoms with E-state index in [4.69, 9.17) is 4.74 Å². The summed E-state index contributed by atoms with van der Waals surface area (Å²) in [5.74, 6) is 3.02. The maximum atomic E-state index is 13.1. The van der Waals surface area contributed by atoms with Crippen molar-refractivity contribution in [3.05, 3.63) is 41.7 Å². The Kier molecular flexibility index (Phi) is 6.88. The number of allylic oxidation sites excluding steroid dienone is 2. The van der Waals surface area contributed by atoms with Gasteiger partial charge in [-0.2, -0.15) is 0 Å². The van der Waals surface area contributed by atoms with E-state index in [2.05, 4.69) is 64.8 Å². The van der Waals surface area contributed by atoms with Crippen LogP contribution in [-0.4, -0.2) is 29.6 Å². The Bertz CT molecular complexity index is 1160. The van der Waals surface area contributed by atoms with Crippen LogP contribution in [0.1, 0.15) is 117 Å². The second-order valence-corrected chi connectivity index (χ2v) is 16.1. The lowest BCUT2D eigenvalue weighted by Crippen LogP contribution is -2.64. The van der Waals surface area contributed by atoms with Crippen molar-refractivity contribution < 1.29 is 9.53 Å². The number of aromatic nitrogens is 1. The van der Waals surface area contributed by atoms with E-state index < -0.39 is 0 Å². The van der Waals surface area contributed by atoms with Crippen molar-refractivity contribution >= 4 is 5.97 Å². The number of nitrogens with one attached hydrogen (secondary N) is 1. The molecule has 4 nitrogen and oxygen atoms in total. The van der Waals surface area contributed by atoms with E-state index in [0.717, 1.165) is 24.8 Å². The van der Waals surface area contributed by atoms with Gasteiger partial charge >= 0.3 is 5.97 Å². The number of nitrogens with zero attached hydrogens (tertiary/aromatic N) is 1. The third-order valence-corrected chi connectivity index (χ3v) is 14.2. The molecule has 220 valence electrons. The Morgan fingerprint density at radius 2 is 1.82 bits per heavy atom. The monoisotopic (exact) mass is 546 g/mol. The van der Waals surface area contributed by atoms with Crippen molar-refractivity contribution in [2.75, 3.05) is 13.2 Å². The Morgan fingerprint density at radius 1 is 1.02 bits per heavy atom. The van der Waals surface area contributed by atoms with Crippen LogP contribution in [0.5, 0.6) is 0 Å². The predicted octanol–water partition coefficient (Wildman–Crippen LogP) is 8.24. The van der Waals surface area contributed by atoms with Crippen LogP contribution in [0.15, 0.2) is 36.2 Å². The summed E-state index contributed by atoms with van der Waals surface area (Å²) in [6.45, 7) is 19.6. The zero-order valence-electron chi connectivity index (χ0n) is 26.3. The Hall–Kier alpha value is -1.68. The molecule has 0 spiro atoms. The SMILES string of the molecule is C[C@H]1[C@H](C)CC[C@]2(COC(=O)c3cccnc3)CC[C@]3(C)C(=CC[C@@H]4[C@@]5(C)CCCNC(C)(C)[C@@H]5CC[C@]43C)[C@H]12. The van der Waals surface area contributed by atoms with Crippen molar-refractivity contribution in [1.82, 2.24) is 10.3 Å². The molecule has 4 heteroatoms. The van der Waals surface area contributed by atoms with Crippen LogP contribution < -0.4 is 5.32 Å². The second-order valence-electron chi connectivity index (χ2n) is 16.1. The zero-order chi connectivity index (χ0) is 28.6. The number of carbonyl (C=O) groups excluding carboxylic acids is 1. The number of pyridine rings is 1. The smallest absolute Gasteiger partial charge is 0.339 e. The predicted molar refractivity (Wildman–Crippen MR) is 162 cm³/mol. The number of fused-ring (bicyclic) bond motifs is 7. The quantitative estimate of drug-likeness (QED) is 0.306. The molecule has 0 unspecified atom stereocenters. The van der Waals surface area contributed by atoms with Gasteiger partial charge in [0.1, 0.15) is 0 Å². The van der Waals surface area contributed by atoms with Crippen LogP contribution >= 0.6 is 0 Å². The highest BCUT2D eigenvalue weighted by Gasteiger charge is 2.67. The standard InChI is InChI=1S/C36H54N2O2/c1-24-13-17-36(23-40-31(39)26-10-8-20-37-22-26)19-18-34(6)27(30(36)25(24)2)11-12-29-33(5)15-9-21-38-32(3,4)28(33)14-16-35(29,34)7/h8,10-11,20,22,24-25,28-30,38H,9,12-19,21,23H2,1-7H3/t24-,25+,28+,29-,30+,33+,34-,35-,36-/m1/s1. The van der Waals surface area contributed by atoms with E-state index in [1.807, 2.05) is 12.1 Å². The summed E-state index contributed by atoms with van der Waals surface area (Å²) < 4.78 is 6.17. The summed E-state index contributed by atoms with van der Waals surface area (Å²) in [4.78, 5) is 17.2. The highest BCUT2D eigenvalue weighted by molar-refractivity contribution is 5.88. The lowest BCUT2D eigenvalue weighted by atomic mass is 9.35. The average Bonchev–Trinajstić information content (AvgIpc) is 3.05. The molecule has 0 aromatic carbocycles. The fourth-order valence-electron chi connectivity index (χ4n) is 11.6. The summed E-state index contributed by atoms with van der Waals surface area (Å²) in [5, 5.41) is 3.95. The number of hydrogen-bond acceptors (Lipinski definition) is 4. The zero-order valence-corrected chi connectivity index (χ0v) is 26.3. The lowest BCUT2D eigenvalue weighted by molar-refractivity contribution is -0.163. The molecule has 0 amide bonds. The number of hydrogen-bond donors (Lipinski definition) is 1. The van der Waals surface area contributed by atoms with Gasteiger partial charge in [0.25, 0.3) is 0 Å². The minimum absolute atomic E-state index is 0.0493. The maximum Gasteiger partial charge on any atom is 0.339 e. The van der Waals surface area contributed by atoms with E-state index in [-0.39, 0.29) is 22.3 Å². The van der Waals surface area contributed by atoms with E-state index >= 15 is 0 Å². The highest BCUT2D eigenvalue weighted by Crippen LogP contribution is 2.74. The second kappa shape index (κ2) is 9.68. The van der Waals surface area contributed by atoms with Crippen LogP contribution in [-0.2, 0) is 4.74 Å². The van der Waals surface area contributed by atoms with E-state index in [1.165, 1.54) is 51.4 Å². The summed E-state index contributed by atoms with van der Waals surface area (Å²) in [6.07, 6.45) is 17.4. The van der Waals surface area contributed by atoms with Crippen molar-refractivity contribution in [2.24, 2.45) is 51.2 Å². The van der Waals surface area contributed by atoms with Crippen molar-refractivity contribution in [2.45, 2.75) is 112 Å². The Labute approximate surface area is 243 Å². The molecule has 0 radical (unpaired) electrons. The van der Waals surface area contributed by atoms with Gasteiger partial charge < -0.3 is 10.1 Å². The van der Waals surface area contributed by atoms with Crippen molar-refractivity contribution in [1.29, 1.82) is 0 Å². The van der Waals surface area contributed by atoms with Crippen molar-refractivity contribution in [3.8, 4) is 0 Å². The molecule has 40 heavy (non-hydrogen) atoms. The van der Waals surface area contributed by atoms with Gasteiger partial charge in [-0.1, -0.05) is 46.3 Å². The third kappa shape index (κ3) is 4.01. The molecule has 6 rings (SSSR count). The first-order chi connectivity index (χ1) is 18.9. The fraction of sp³-hybridized carbons (Fsp3) is 0.778. The minimum atomic E-state index is -0.221. The maximum absolute atomic E-state index is 13.1. The molecule has 3 saturated carbocycles. The van der Waals surface area contributed by atoms with Gasteiger partial charge in [0.15, 0.2) is 0 Å². The summed E-state index contributed by atoms with van der Waals surface area (Å²) in [6, 6.07) is 3.64. The van der Waals surface area contributed by atoms with Crippen LogP contribution in [0.25, 0.3) is 0 Å². The first kappa shape index (κ1) is 28.4. The Morgan fingerprint density at radius 3 is 2.58 bits per heavy atom. The molecule has 1 aliphatic heterocycles. The van der Waals surface area contributed by atoms with Gasteiger partial charge in [0.05, 0.1) is 12.2 Å². The number of esters is 1. The molecule has 0 bridgehead atoms. The summed E-state index contributed by atoms with van der Waals surface area (Å²) in [7, 11) is 0. The van der Waals surface area contributed by atoms with Gasteiger partial charge in [-0.05, 0) is 136 Å². The fourth-order valence-corrected chi connectivity index (χ4v) is 11.6. The topological polar surface area (TPSA) is 51.2 Å². The first-order valence-electron chi connectivity index (χ1n) is 16.4. The van der Waals surface area contributed by atoms with Crippen LogP contribution in [0.2, 0.25) is 0 Å². The number of ether oxygens (including phenoxy) is 1. The molecule has 1 aromatic heterocycles.